The minimum Gasteiger partial charge on any atom is -0.381 e. The SMILES string of the molecule is N#Cc1cccc(CN2C[C@H](OCC3CCOCC3)[C@H]3COC[C@H]32)c1. The Morgan fingerprint density at radius 3 is 2.92 bits per heavy atom. The lowest BCUT2D eigenvalue weighted by Gasteiger charge is -2.25. The molecule has 1 aromatic rings. The molecule has 0 unspecified atom stereocenters. The summed E-state index contributed by atoms with van der Waals surface area (Å²) in [6.45, 7) is 5.99. The molecule has 1 aromatic carbocycles. The lowest BCUT2D eigenvalue weighted by molar-refractivity contribution is -0.0259. The van der Waals surface area contributed by atoms with E-state index in [1.54, 1.807) is 0 Å². The normalized spacial score (nSPS) is 30.3. The van der Waals surface area contributed by atoms with E-state index in [-0.39, 0.29) is 6.10 Å². The smallest absolute Gasteiger partial charge is 0.0991 e. The maximum Gasteiger partial charge on any atom is 0.0991 e. The van der Waals surface area contributed by atoms with Crippen molar-refractivity contribution in [3.63, 3.8) is 0 Å². The Hall–Kier alpha value is -1.45. The fourth-order valence-corrected chi connectivity index (χ4v) is 4.30. The van der Waals surface area contributed by atoms with E-state index < -0.39 is 0 Å². The molecule has 0 bridgehead atoms. The van der Waals surface area contributed by atoms with Crippen LogP contribution in [0.1, 0.15) is 24.0 Å². The maximum absolute atomic E-state index is 9.10. The summed E-state index contributed by atoms with van der Waals surface area (Å²) >= 11 is 0. The van der Waals surface area contributed by atoms with Gasteiger partial charge in [-0.15, -0.1) is 0 Å². The van der Waals surface area contributed by atoms with Crippen LogP contribution in [-0.2, 0) is 20.8 Å². The van der Waals surface area contributed by atoms with Crippen molar-refractivity contribution >= 4 is 0 Å². The first-order valence-corrected chi connectivity index (χ1v) is 9.33. The molecule has 134 valence electrons. The van der Waals surface area contributed by atoms with Gasteiger partial charge in [-0.25, -0.2) is 0 Å². The third-order valence-electron chi connectivity index (χ3n) is 5.78. The number of hydrogen-bond donors (Lipinski definition) is 0. The highest BCUT2D eigenvalue weighted by atomic mass is 16.5. The molecule has 5 nitrogen and oxygen atoms in total. The minimum atomic E-state index is 0.259. The van der Waals surface area contributed by atoms with E-state index in [0.29, 0.717) is 17.9 Å². The Bertz CT molecular complexity index is 624. The lowest BCUT2D eigenvalue weighted by Crippen LogP contribution is -2.32. The fraction of sp³-hybridized carbons (Fsp3) is 0.650. The summed E-state index contributed by atoms with van der Waals surface area (Å²) in [5.41, 5.74) is 1.91. The van der Waals surface area contributed by atoms with E-state index in [4.69, 9.17) is 19.5 Å². The summed E-state index contributed by atoms with van der Waals surface area (Å²) < 4.78 is 17.5. The van der Waals surface area contributed by atoms with Crippen molar-refractivity contribution in [3.05, 3.63) is 35.4 Å². The molecular weight excluding hydrogens is 316 g/mol. The molecule has 0 aliphatic carbocycles. The highest BCUT2D eigenvalue weighted by molar-refractivity contribution is 5.32. The van der Waals surface area contributed by atoms with E-state index in [9.17, 15) is 0 Å². The van der Waals surface area contributed by atoms with Crippen molar-refractivity contribution in [1.82, 2.24) is 4.90 Å². The van der Waals surface area contributed by atoms with Crippen LogP contribution in [0.4, 0.5) is 0 Å². The van der Waals surface area contributed by atoms with Gasteiger partial charge in [-0.1, -0.05) is 12.1 Å². The minimum absolute atomic E-state index is 0.259. The van der Waals surface area contributed by atoms with Gasteiger partial charge in [0.2, 0.25) is 0 Å². The zero-order valence-electron chi connectivity index (χ0n) is 14.6. The first-order chi connectivity index (χ1) is 12.3. The van der Waals surface area contributed by atoms with Crippen LogP contribution in [0.3, 0.4) is 0 Å². The Morgan fingerprint density at radius 2 is 2.08 bits per heavy atom. The summed E-state index contributed by atoms with van der Waals surface area (Å²) in [6.07, 6.45) is 2.48. The van der Waals surface area contributed by atoms with Gasteiger partial charge < -0.3 is 14.2 Å². The van der Waals surface area contributed by atoms with Crippen LogP contribution in [0.2, 0.25) is 0 Å². The molecule has 3 aliphatic rings. The average molecular weight is 342 g/mol. The quantitative estimate of drug-likeness (QED) is 0.821. The first-order valence-electron chi connectivity index (χ1n) is 9.33. The predicted octanol–water partition coefficient (Wildman–Crippen LogP) is 2.20. The molecule has 0 saturated carbocycles. The zero-order chi connectivity index (χ0) is 17.1. The first kappa shape index (κ1) is 17.0. The Balaban J connectivity index is 1.37. The van der Waals surface area contributed by atoms with E-state index in [1.807, 2.05) is 18.2 Å². The molecule has 0 amide bonds. The summed E-state index contributed by atoms with van der Waals surface area (Å²) in [4.78, 5) is 2.48. The Morgan fingerprint density at radius 1 is 1.20 bits per heavy atom. The molecule has 0 spiro atoms. The zero-order valence-corrected chi connectivity index (χ0v) is 14.6. The third-order valence-corrected chi connectivity index (χ3v) is 5.78. The number of nitrogens with zero attached hydrogens (tertiary/aromatic N) is 2. The number of hydrogen-bond acceptors (Lipinski definition) is 5. The molecule has 0 aromatic heterocycles. The molecule has 4 rings (SSSR count). The second kappa shape index (κ2) is 7.84. The van der Waals surface area contributed by atoms with Gasteiger partial charge in [0.05, 0.1) is 37.6 Å². The highest BCUT2D eigenvalue weighted by Gasteiger charge is 2.46. The topological polar surface area (TPSA) is 54.7 Å². The fourth-order valence-electron chi connectivity index (χ4n) is 4.30. The Kier molecular flexibility index (Phi) is 5.33. The van der Waals surface area contributed by atoms with Gasteiger partial charge in [0.25, 0.3) is 0 Å². The van der Waals surface area contributed by atoms with Gasteiger partial charge in [-0.3, -0.25) is 4.90 Å². The summed E-state index contributed by atoms with van der Waals surface area (Å²) in [5.74, 6) is 1.11. The van der Waals surface area contributed by atoms with Crippen LogP contribution < -0.4 is 0 Å². The van der Waals surface area contributed by atoms with Gasteiger partial charge in [0.15, 0.2) is 0 Å². The van der Waals surface area contributed by atoms with E-state index in [2.05, 4.69) is 17.0 Å². The lowest BCUT2D eigenvalue weighted by atomic mass is 10.00. The van der Waals surface area contributed by atoms with Crippen molar-refractivity contribution < 1.29 is 14.2 Å². The van der Waals surface area contributed by atoms with Crippen molar-refractivity contribution in [2.24, 2.45) is 11.8 Å². The number of likely N-dealkylation sites (tertiary alicyclic amines) is 1. The monoisotopic (exact) mass is 342 g/mol. The average Bonchev–Trinajstić information content (AvgIpc) is 3.25. The second-order valence-electron chi connectivity index (χ2n) is 7.44. The molecule has 3 atom stereocenters. The van der Waals surface area contributed by atoms with E-state index >= 15 is 0 Å². The van der Waals surface area contributed by atoms with E-state index in [1.165, 1.54) is 5.56 Å². The highest BCUT2D eigenvalue weighted by Crippen LogP contribution is 2.34. The molecule has 25 heavy (non-hydrogen) atoms. The van der Waals surface area contributed by atoms with Gasteiger partial charge in [0, 0.05) is 38.3 Å². The van der Waals surface area contributed by atoms with Crippen molar-refractivity contribution in [2.45, 2.75) is 31.5 Å². The number of rotatable bonds is 5. The van der Waals surface area contributed by atoms with Crippen LogP contribution in [0.25, 0.3) is 0 Å². The predicted molar refractivity (Wildman–Crippen MR) is 92.9 cm³/mol. The van der Waals surface area contributed by atoms with Crippen LogP contribution in [0.5, 0.6) is 0 Å². The molecule has 3 aliphatic heterocycles. The number of ether oxygens (including phenoxy) is 3. The number of benzene rings is 1. The molecule has 5 heteroatoms. The maximum atomic E-state index is 9.10. The van der Waals surface area contributed by atoms with Crippen LogP contribution in [0.15, 0.2) is 24.3 Å². The van der Waals surface area contributed by atoms with Crippen molar-refractivity contribution in [3.8, 4) is 6.07 Å². The summed E-state index contributed by atoms with van der Waals surface area (Å²) in [5, 5.41) is 9.10. The largest absolute Gasteiger partial charge is 0.381 e. The van der Waals surface area contributed by atoms with Gasteiger partial charge >= 0.3 is 0 Å². The van der Waals surface area contributed by atoms with Gasteiger partial charge in [-0.05, 0) is 36.5 Å². The number of nitriles is 1. The summed E-state index contributed by atoms with van der Waals surface area (Å²) in [6, 6.07) is 10.6. The molecular formula is C20H26N2O3. The van der Waals surface area contributed by atoms with Crippen LogP contribution >= 0.6 is 0 Å². The van der Waals surface area contributed by atoms with Gasteiger partial charge in [-0.2, -0.15) is 5.26 Å². The molecule has 0 N–H and O–H groups in total. The summed E-state index contributed by atoms with van der Waals surface area (Å²) in [7, 11) is 0. The molecule has 0 radical (unpaired) electrons. The number of fused-ring (bicyclic) bond motifs is 1. The molecule has 3 fully saturated rings. The third kappa shape index (κ3) is 3.88. The van der Waals surface area contributed by atoms with E-state index in [0.717, 1.165) is 64.5 Å². The Labute approximate surface area is 149 Å². The van der Waals surface area contributed by atoms with Crippen LogP contribution in [0, 0.1) is 23.2 Å². The van der Waals surface area contributed by atoms with Crippen molar-refractivity contribution in [1.29, 1.82) is 5.26 Å². The molecule has 3 saturated heterocycles. The second-order valence-corrected chi connectivity index (χ2v) is 7.44. The molecule has 3 heterocycles. The van der Waals surface area contributed by atoms with Crippen LogP contribution in [-0.4, -0.2) is 56.6 Å². The van der Waals surface area contributed by atoms with Crippen molar-refractivity contribution in [2.75, 3.05) is 39.6 Å². The standard InChI is InChI=1S/C20H26N2O3/c21-9-16-2-1-3-17(8-16)10-22-11-20(18-13-24-14-19(18)22)25-12-15-4-6-23-7-5-15/h1-3,8,15,18-20H,4-7,10-14H2/t18-,19+,20-/m0/s1. The van der Waals surface area contributed by atoms with Gasteiger partial charge in [0.1, 0.15) is 0 Å².